The number of rotatable bonds is 8. The molecule has 0 spiro atoms. The molecular weight excluding hydrogens is 394 g/mol. The Kier molecular flexibility index (Phi) is 7.76. The van der Waals surface area contributed by atoms with E-state index in [9.17, 15) is 4.79 Å². The van der Waals surface area contributed by atoms with E-state index in [0.717, 1.165) is 26.2 Å². The van der Waals surface area contributed by atoms with E-state index in [1.54, 1.807) is 33.5 Å². The van der Waals surface area contributed by atoms with Crippen molar-refractivity contribution in [2.75, 3.05) is 61.1 Å². The van der Waals surface area contributed by atoms with Gasteiger partial charge in [-0.1, -0.05) is 29.8 Å². The number of nitrogens with zero attached hydrogens (tertiary/aromatic N) is 2. The van der Waals surface area contributed by atoms with Crippen molar-refractivity contribution in [1.82, 2.24) is 15.1 Å². The minimum atomic E-state index is -0.175. The molecule has 1 aliphatic rings. The molecule has 1 fully saturated rings. The topological polar surface area (TPSA) is 63.3 Å². The number of carbonyl (C=O) groups is 1. The number of carbonyl (C=O) groups excluding carboxylic acids is 1. The number of hydrogen-bond donors (Lipinski definition) is 1. The number of likely N-dealkylation sites (N-methyl/N-ethyl adjacent to an activating group) is 1. The van der Waals surface area contributed by atoms with Crippen LogP contribution in [0.5, 0.6) is 17.2 Å². The highest BCUT2D eigenvalue weighted by atomic mass is 16.5. The molecule has 168 valence electrons. The molecule has 1 N–H and O–H groups in total. The van der Waals surface area contributed by atoms with Crippen molar-refractivity contribution >= 4 is 5.91 Å². The predicted octanol–water partition coefficient (Wildman–Crippen LogP) is 2.74. The molecule has 1 atom stereocenters. The van der Waals surface area contributed by atoms with Gasteiger partial charge in [0.15, 0.2) is 11.5 Å². The molecule has 2 aromatic rings. The van der Waals surface area contributed by atoms with Crippen molar-refractivity contribution < 1.29 is 19.0 Å². The third kappa shape index (κ3) is 5.48. The minimum absolute atomic E-state index is 0.111. The zero-order valence-corrected chi connectivity index (χ0v) is 19.1. The lowest BCUT2D eigenvalue weighted by atomic mass is 10.0. The van der Waals surface area contributed by atoms with E-state index in [1.807, 2.05) is 0 Å². The molecule has 0 bridgehead atoms. The van der Waals surface area contributed by atoms with Gasteiger partial charge in [0.2, 0.25) is 5.75 Å². The SMILES string of the molecule is COc1cc(C(=O)NCC(c2ccc(C)cc2)N2CCN(C)CC2)cc(OC)c1OC. The van der Waals surface area contributed by atoms with Crippen LogP contribution in [0.3, 0.4) is 0 Å². The van der Waals surface area contributed by atoms with E-state index in [4.69, 9.17) is 14.2 Å². The molecule has 0 aliphatic carbocycles. The lowest BCUT2D eigenvalue weighted by Gasteiger charge is -2.38. The van der Waals surface area contributed by atoms with Gasteiger partial charge in [-0.3, -0.25) is 9.69 Å². The van der Waals surface area contributed by atoms with Crippen LogP contribution in [0.2, 0.25) is 0 Å². The molecular formula is C24H33N3O4. The smallest absolute Gasteiger partial charge is 0.251 e. The first-order chi connectivity index (χ1) is 15.0. The molecule has 31 heavy (non-hydrogen) atoms. The van der Waals surface area contributed by atoms with E-state index in [-0.39, 0.29) is 11.9 Å². The molecule has 7 heteroatoms. The van der Waals surface area contributed by atoms with Crippen molar-refractivity contribution in [2.45, 2.75) is 13.0 Å². The van der Waals surface area contributed by atoms with Crippen LogP contribution in [0.25, 0.3) is 0 Å². The Labute approximate surface area is 184 Å². The maximum Gasteiger partial charge on any atom is 0.251 e. The standard InChI is InChI=1S/C24H33N3O4/c1-17-6-8-18(9-7-17)20(27-12-10-26(2)11-13-27)16-25-24(28)19-14-21(29-3)23(31-5)22(15-19)30-4/h6-9,14-15,20H,10-13,16H2,1-5H3,(H,25,28). The Hall–Kier alpha value is -2.77. The van der Waals surface area contributed by atoms with Crippen LogP contribution >= 0.6 is 0 Å². The van der Waals surface area contributed by atoms with Gasteiger partial charge in [0.05, 0.1) is 27.4 Å². The molecule has 7 nitrogen and oxygen atoms in total. The van der Waals surface area contributed by atoms with Gasteiger partial charge in [0.25, 0.3) is 5.91 Å². The first kappa shape index (κ1) is 22.9. The molecule has 0 saturated carbocycles. The van der Waals surface area contributed by atoms with Gasteiger partial charge >= 0.3 is 0 Å². The van der Waals surface area contributed by atoms with Gasteiger partial charge in [0, 0.05) is 38.3 Å². The Morgan fingerprint density at radius 2 is 1.55 bits per heavy atom. The van der Waals surface area contributed by atoms with E-state index in [0.29, 0.717) is 29.4 Å². The maximum atomic E-state index is 13.0. The second-order valence-corrected chi connectivity index (χ2v) is 7.89. The maximum absolute atomic E-state index is 13.0. The van der Waals surface area contributed by atoms with Crippen molar-refractivity contribution in [3.05, 3.63) is 53.1 Å². The lowest BCUT2D eigenvalue weighted by molar-refractivity contribution is 0.0885. The zero-order chi connectivity index (χ0) is 22.4. The summed E-state index contributed by atoms with van der Waals surface area (Å²) in [5.41, 5.74) is 2.90. The number of ether oxygens (including phenoxy) is 3. The number of piperazine rings is 1. The fraction of sp³-hybridized carbons (Fsp3) is 0.458. The summed E-state index contributed by atoms with van der Waals surface area (Å²) in [5, 5.41) is 3.11. The van der Waals surface area contributed by atoms with Crippen LogP contribution in [0, 0.1) is 6.92 Å². The highest BCUT2D eigenvalue weighted by molar-refractivity contribution is 5.95. The number of nitrogens with one attached hydrogen (secondary N) is 1. The molecule has 3 rings (SSSR count). The first-order valence-corrected chi connectivity index (χ1v) is 10.5. The summed E-state index contributed by atoms with van der Waals surface area (Å²) in [4.78, 5) is 17.8. The third-order valence-corrected chi connectivity index (χ3v) is 5.82. The van der Waals surface area contributed by atoms with Crippen molar-refractivity contribution in [1.29, 1.82) is 0 Å². The molecule has 0 radical (unpaired) electrons. The van der Waals surface area contributed by atoms with E-state index >= 15 is 0 Å². The molecule has 1 heterocycles. The van der Waals surface area contributed by atoms with Crippen LogP contribution in [0.1, 0.15) is 27.5 Å². The zero-order valence-electron chi connectivity index (χ0n) is 19.1. The van der Waals surface area contributed by atoms with Crippen LogP contribution in [0.4, 0.5) is 0 Å². The van der Waals surface area contributed by atoms with E-state index in [2.05, 4.69) is 53.4 Å². The Morgan fingerprint density at radius 1 is 0.968 bits per heavy atom. The number of aryl methyl sites for hydroxylation is 1. The Morgan fingerprint density at radius 3 is 2.06 bits per heavy atom. The van der Waals surface area contributed by atoms with Gasteiger partial charge in [-0.05, 0) is 31.7 Å². The van der Waals surface area contributed by atoms with E-state index < -0.39 is 0 Å². The summed E-state index contributed by atoms with van der Waals surface area (Å²) in [6.45, 7) is 6.57. The average Bonchev–Trinajstić information content (AvgIpc) is 2.80. The summed E-state index contributed by atoms with van der Waals surface area (Å²) in [7, 11) is 6.77. The fourth-order valence-corrected chi connectivity index (χ4v) is 3.88. The monoisotopic (exact) mass is 427 g/mol. The number of amides is 1. The highest BCUT2D eigenvalue weighted by Gasteiger charge is 2.25. The Balaban J connectivity index is 1.79. The molecule has 1 amide bonds. The lowest BCUT2D eigenvalue weighted by Crippen LogP contribution is -2.48. The van der Waals surface area contributed by atoms with Crippen LogP contribution in [-0.4, -0.2) is 76.8 Å². The first-order valence-electron chi connectivity index (χ1n) is 10.5. The Bertz CT molecular complexity index is 852. The summed E-state index contributed by atoms with van der Waals surface area (Å²) >= 11 is 0. The number of benzene rings is 2. The predicted molar refractivity (Wildman–Crippen MR) is 121 cm³/mol. The van der Waals surface area contributed by atoms with Gasteiger partial charge < -0.3 is 24.4 Å². The van der Waals surface area contributed by atoms with Crippen LogP contribution in [0.15, 0.2) is 36.4 Å². The second-order valence-electron chi connectivity index (χ2n) is 7.89. The summed E-state index contributed by atoms with van der Waals surface area (Å²) in [6, 6.07) is 12.0. The quantitative estimate of drug-likeness (QED) is 0.699. The normalized spacial score (nSPS) is 15.9. The molecule has 1 unspecified atom stereocenters. The van der Waals surface area contributed by atoms with Crippen molar-refractivity contribution in [3.63, 3.8) is 0 Å². The number of hydrogen-bond acceptors (Lipinski definition) is 6. The largest absolute Gasteiger partial charge is 0.493 e. The molecule has 1 aliphatic heterocycles. The van der Waals surface area contributed by atoms with Gasteiger partial charge in [0.1, 0.15) is 0 Å². The summed E-state index contributed by atoms with van der Waals surface area (Å²) in [6.07, 6.45) is 0. The minimum Gasteiger partial charge on any atom is -0.493 e. The summed E-state index contributed by atoms with van der Waals surface area (Å²) < 4.78 is 16.1. The van der Waals surface area contributed by atoms with Crippen molar-refractivity contribution in [3.8, 4) is 17.2 Å². The molecule has 1 saturated heterocycles. The highest BCUT2D eigenvalue weighted by Crippen LogP contribution is 2.38. The number of methoxy groups -OCH3 is 3. The van der Waals surface area contributed by atoms with Crippen LogP contribution < -0.4 is 19.5 Å². The van der Waals surface area contributed by atoms with Crippen molar-refractivity contribution in [2.24, 2.45) is 0 Å². The second kappa shape index (κ2) is 10.5. The average molecular weight is 428 g/mol. The summed E-state index contributed by atoms with van der Waals surface area (Å²) in [5.74, 6) is 1.21. The van der Waals surface area contributed by atoms with Crippen LogP contribution in [-0.2, 0) is 0 Å². The van der Waals surface area contributed by atoms with Gasteiger partial charge in [-0.15, -0.1) is 0 Å². The van der Waals surface area contributed by atoms with Gasteiger partial charge in [-0.2, -0.15) is 0 Å². The molecule has 2 aromatic carbocycles. The third-order valence-electron chi connectivity index (χ3n) is 5.82. The fourth-order valence-electron chi connectivity index (χ4n) is 3.88. The van der Waals surface area contributed by atoms with Gasteiger partial charge in [-0.25, -0.2) is 0 Å². The molecule has 0 aromatic heterocycles. The van der Waals surface area contributed by atoms with E-state index in [1.165, 1.54) is 11.1 Å².